The van der Waals surface area contributed by atoms with Gasteiger partial charge in [0.1, 0.15) is 10.7 Å². The smallest absolute Gasteiger partial charge is 0.245 e. The average molecular weight is 317 g/mol. The first-order valence-electron chi connectivity index (χ1n) is 7.36. The highest BCUT2D eigenvalue weighted by molar-refractivity contribution is 7.89. The molecule has 0 spiro atoms. The van der Waals surface area contributed by atoms with Crippen molar-refractivity contribution < 1.29 is 17.9 Å². The zero-order valence-electron chi connectivity index (χ0n) is 12.7. The summed E-state index contributed by atoms with van der Waals surface area (Å²) in [7, 11) is -3.86. The van der Waals surface area contributed by atoms with Crippen molar-refractivity contribution in [1.29, 1.82) is 0 Å². The molecule has 0 amide bonds. The van der Waals surface area contributed by atoms with E-state index >= 15 is 0 Å². The van der Waals surface area contributed by atoms with E-state index in [1.54, 1.807) is 0 Å². The topological polar surface area (TPSA) is 57.6 Å². The van der Waals surface area contributed by atoms with Crippen molar-refractivity contribution in [3.05, 3.63) is 29.6 Å². The van der Waals surface area contributed by atoms with Crippen LogP contribution in [-0.2, 0) is 16.6 Å². The Morgan fingerprint density at radius 2 is 1.71 bits per heavy atom. The molecule has 0 radical (unpaired) electrons. The van der Waals surface area contributed by atoms with Crippen LogP contribution in [0.5, 0.6) is 0 Å². The minimum atomic E-state index is -3.86. The lowest BCUT2D eigenvalue weighted by Gasteiger charge is -2.22. The molecular weight excluding hydrogens is 293 g/mol. The number of benzene rings is 1. The molecule has 1 aromatic carbocycles. The maximum atomic E-state index is 13.9. The number of aliphatic hydroxyl groups is 1. The molecule has 6 heteroatoms. The van der Waals surface area contributed by atoms with Crippen LogP contribution in [-0.4, -0.2) is 30.9 Å². The second-order valence-corrected chi connectivity index (χ2v) is 6.94. The molecule has 0 unspecified atom stereocenters. The maximum Gasteiger partial charge on any atom is 0.245 e. The monoisotopic (exact) mass is 317 g/mol. The Bertz CT molecular complexity index is 538. The van der Waals surface area contributed by atoms with E-state index in [4.69, 9.17) is 5.11 Å². The largest absolute Gasteiger partial charge is 0.392 e. The fourth-order valence-corrected chi connectivity index (χ4v) is 3.64. The van der Waals surface area contributed by atoms with Crippen LogP contribution in [0, 0.1) is 5.82 Å². The van der Waals surface area contributed by atoms with Crippen molar-refractivity contribution >= 4 is 10.0 Å². The third-order valence-electron chi connectivity index (χ3n) is 3.32. The van der Waals surface area contributed by atoms with Crippen LogP contribution < -0.4 is 0 Å². The number of halogens is 1. The number of unbranched alkanes of at least 4 members (excludes halogenated alkanes) is 2. The number of aliphatic hydroxyl groups excluding tert-OH is 1. The standard InChI is InChI=1S/C15H24FNO3S/c1-3-5-9-17(10-6-4-2)21(19,20)15-11-13(12-18)7-8-14(15)16/h7-8,11,18H,3-6,9-10,12H2,1-2H3. The van der Waals surface area contributed by atoms with Gasteiger partial charge in [0, 0.05) is 13.1 Å². The lowest BCUT2D eigenvalue weighted by molar-refractivity contribution is 0.281. The first kappa shape index (κ1) is 18.1. The summed E-state index contributed by atoms with van der Waals surface area (Å²) in [6.45, 7) is 4.44. The Balaban J connectivity index is 3.14. The number of rotatable bonds is 9. The second-order valence-electron chi connectivity index (χ2n) is 5.03. The summed E-state index contributed by atoms with van der Waals surface area (Å²) in [6.07, 6.45) is 3.23. The highest BCUT2D eigenvalue weighted by Crippen LogP contribution is 2.22. The van der Waals surface area contributed by atoms with Crippen molar-refractivity contribution in [1.82, 2.24) is 4.31 Å². The third-order valence-corrected chi connectivity index (χ3v) is 5.23. The molecule has 1 N–H and O–H groups in total. The molecule has 0 aliphatic heterocycles. The van der Waals surface area contributed by atoms with Crippen LogP contribution in [0.2, 0.25) is 0 Å². The van der Waals surface area contributed by atoms with Gasteiger partial charge in [0.2, 0.25) is 10.0 Å². The van der Waals surface area contributed by atoms with Gasteiger partial charge >= 0.3 is 0 Å². The summed E-state index contributed by atoms with van der Waals surface area (Å²) in [4.78, 5) is -0.346. The average Bonchev–Trinajstić information content (AvgIpc) is 2.47. The van der Waals surface area contributed by atoms with E-state index in [-0.39, 0.29) is 11.5 Å². The predicted molar refractivity (Wildman–Crippen MR) is 80.9 cm³/mol. The molecule has 0 aliphatic carbocycles. The number of sulfonamides is 1. The summed E-state index contributed by atoms with van der Waals surface area (Å²) in [5.74, 6) is -0.773. The van der Waals surface area contributed by atoms with Crippen LogP contribution >= 0.6 is 0 Å². The molecule has 0 aromatic heterocycles. The Morgan fingerprint density at radius 3 is 2.19 bits per heavy atom. The van der Waals surface area contributed by atoms with Gasteiger partial charge in [-0.05, 0) is 30.5 Å². The van der Waals surface area contributed by atoms with Crippen molar-refractivity contribution in [3.8, 4) is 0 Å². The molecule has 0 heterocycles. The Kier molecular flexibility index (Phi) is 7.28. The van der Waals surface area contributed by atoms with E-state index in [0.717, 1.165) is 31.7 Å². The van der Waals surface area contributed by atoms with Gasteiger partial charge in [-0.3, -0.25) is 0 Å². The third kappa shape index (κ3) is 4.76. The molecule has 1 rings (SSSR count). The highest BCUT2D eigenvalue weighted by Gasteiger charge is 2.26. The maximum absolute atomic E-state index is 13.9. The van der Waals surface area contributed by atoms with Gasteiger partial charge in [-0.2, -0.15) is 4.31 Å². The summed E-state index contributed by atoms with van der Waals surface area (Å²) in [6, 6.07) is 3.70. The van der Waals surface area contributed by atoms with Gasteiger partial charge in [-0.1, -0.05) is 32.8 Å². The van der Waals surface area contributed by atoms with E-state index in [1.807, 2.05) is 13.8 Å². The van der Waals surface area contributed by atoms with Crippen LogP contribution in [0.25, 0.3) is 0 Å². The normalized spacial score (nSPS) is 12.0. The Hall–Kier alpha value is -0.980. The van der Waals surface area contributed by atoms with E-state index in [0.29, 0.717) is 18.7 Å². The molecule has 0 bridgehead atoms. The van der Waals surface area contributed by atoms with Crippen molar-refractivity contribution in [2.45, 2.75) is 51.0 Å². The van der Waals surface area contributed by atoms with Crippen molar-refractivity contribution in [3.63, 3.8) is 0 Å². The van der Waals surface area contributed by atoms with E-state index < -0.39 is 15.8 Å². The quantitative estimate of drug-likeness (QED) is 0.762. The minimum Gasteiger partial charge on any atom is -0.392 e. The van der Waals surface area contributed by atoms with Crippen LogP contribution in [0.15, 0.2) is 23.1 Å². The number of nitrogens with zero attached hydrogens (tertiary/aromatic N) is 1. The van der Waals surface area contributed by atoms with Gasteiger partial charge in [0.25, 0.3) is 0 Å². The van der Waals surface area contributed by atoms with Gasteiger partial charge in [-0.25, -0.2) is 12.8 Å². The number of hydrogen-bond acceptors (Lipinski definition) is 3. The number of hydrogen-bond donors (Lipinski definition) is 1. The van der Waals surface area contributed by atoms with E-state index in [9.17, 15) is 12.8 Å². The van der Waals surface area contributed by atoms with Crippen molar-refractivity contribution in [2.24, 2.45) is 0 Å². The summed E-state index contributed by atoms with van der Waals surface area (Å²) < 4.78 is 40.5. The Labute approximate surface area is 126 Å². The zero-order valence-corrected chi connectivity index (χ0v) is 13.5. The summed E-state index contributed by atoms with van der Waals surface area (Å²) in [5.41, 5.74) is 0.390. The molecule has 120 valence electrons. The molecule has 4 nitrogen and oxygen atoms in total. The summed E-state index contributed by atoms with van der Waals surface area (Å²) >= 11 is 0. The molecule has 0 aliphatic rings. The molecular formula is C15H24FNO3S. The molecule has 0 atom stereocenters. The second kappa shape index (κ2) is 8.46. The van der Waals surface area contributed by atoms with Gasteiger partial charge < -0.3 is 5.11 Å². The predicted octanol–water partition coefficient (Wildman–Crippen LogP) is 2.91. The lowest BCUT2D eigenvalue weighted by Crippen LogP contribution is -2.33. The molecule has 0 saturated heterocycles. The molecule has 21 heavy (non-hydrogen) atoms. The van der Waals surface area contributed by atoms with Crippen molar-refractivity contribution in [2.75, 3.05) is 13.1 Å². The van der Waals surface area contributed by atoms with Gasteiger partial charge in [-0.15, -0.1) is 0 Å². The molecule has 1 aromatic rings. The van der Waals surface area contributed by atoms with E-state index in [1.165, 1.54) is 16.4 Å². The van der Waals surface area contributed by atoms with Crippen LogP contribution in [0.3, 0.4) is 0 Å². The van der Waals surface area contributed by atoms with Crippen LogP contribution in [0.1, 0.15) is 45.1 Å². The first-order chi connectivity index (χ1) is 9.97. The fourth-order valence-electron chi connectivity index (χ4n) is 2.00. The first-order valence-corrected chi connectivity index (χ1v) is 8.80. The SMILES string of the molecule is CCCCN(CCCC)S(=O)(=O)c1cc(CO)ccc1F. The highest BCUT2D eigenvalue weighted by atomic mass is 32.2. The van der Waals surface area contributed by atoms with Gasteiger partial charge in [0.15, 0.2) is 0 Å². The fraction of sp³-hybridized carbons (Fsp3) is 0.600. The molecule has 0 fully saturated rings. The lowest BCUT2D eigenvalue weighted by atomic mass is 10.2. The zero-order chi connectivity index (χ0) is 15.9. The summed E-state index contributed by atoms with van der Waals surface area (Å²) in [5, 5.41) is 9.11. The Morgan fingerprint density at radius 1 is 1.14 bits per heavy atom. The van der Waals surface area contributed by atoms with Gasteiger partial charge in [0.05, 0.1) is 6.61 Å². The van der Waals surface area contributed by atoms with E-state index in [2.05, 4.69) is 0 Å². The molecule has 0 saturated carbocycles. The minimum absolute atomic E-state index is 0.313. The van der Waals surface area contributed by atoms with Crippen LogP contribution in [0.4, 0.5) is 4.39 Å².